The van der Waals surface area contributed by atoms with E-state index in [0.29, 0.717) is 0 Å². The number of nitrogens with zero attached hydrogens (tertiary/aromatic N) is 1. The van der Waals surface area contributed by atoms with E-state index in [1.165, 1.54) is 13.2 Å². The molecular formula is C13H15NO4. The van der Waals surface area contributed by atoms with Gasteiger partial charge in [-0.2, -0.15) is 0 Å². The highest BCUT2D eigenvalue weighted by Crippen LogP contribution is 2.13. The molecule has 0 N–H and O–H groups in total. The van der Waals surface area contributed by atoms with Crippen molar-refractivity contribution in [3.63, 3.8) is 0 Å². The Balaban J connectivity index is 2.81. The van der Waals surface area contributed by atoms with Crippen molar-refractivity contribution in [2.24, 2.45) is 0 Å². The third-order valence-corrected chi connectivity index (χ3v) is 2.46. The monoisotopic (exact) mass is 249 g/mol. The zero-order valence-electron chi connectivity index (χ0n) is 10.4. The van der Waals surface area contributed by atoms with Crippen LogP contribution in [0.5, 0.6) is 0 Å². The molecule has 0 spiro atoms. The topological polar surface area (TPSA) is 69.4 Å². The summed E-state index contributed by atoms with van der Waals surface area (Å²) < 4.78 is 4.46. The number of carbonyl (C=O) groups is 1. The van der Waals surface area contributed by atoms with Gasteiger partial charge in [-0.1, -0.05) is 29.8 Å². The second-order valence-corrected chi connectivity index (χ2v) is 3.88. The largest absolute Gasteiger partial charge is 0.469 e. The number of aryl methyl sites for hydroxylation is 1. The van der Waals surface area contributed by atoms with Crippen LogP contribution in [0.1, 0.15) is 24.0 Å². The van der Waals surface area contributed by atoms with Crippen molar-refractivity contribution in [1.29, 1.82) is 0 Å². The Hall–Kier alpha value is -2.17. The van der Waals surface area contributed by atoms with Gasteiger partial charge >= 0.3 is 5.97 Å². The maximum atomic E-state index is 11.0. The molecular weight excluding hydrogens is 234 g/mol. The normalized spacial score (nSPS) is 11.1. The highest BCUT2D eigenvalue weighted by atomic mass is 16.6. The van der Waals surface area contributed by atoms with Gasteiger partial charge in [0.2, 0.25) is 5.70 Å². The average Bonchev–Trinajstić information content (AvgIpc) is 2.35. The number of carbonyl (C=O) groups excluding carboxylic acids is 1. The summed E-state index contributed by atoms with van der Waals surface area (Å²) in [5.74, 6) is -0.452. The number of allylic oxidation sites excluding steroid dienone is 1. The van der Waals surface area contributed by atoms with E-state index in [1.54, 1.807) is 12.1 Å². The lowest BCUT2D eigenvalue weighted by molar-refractivity contribution is -0.426. The van der Waals surface area contributed by atoms with Crippen molar-refractivity contribution in [2.75, 3.05) is 7.11 Å². The fraction of sp³-hybridized carbons (Fsp3) is 0.308. The Morgan fingerprint density at radius 3 is 2.44 bits per heavy atom. The van der Waals surface area contributed by atoms with E-state index < -0.39 is 10.9 Å². The van der Waals surface area contributed by atoms with Gasteiger partial charge in [0.05, 0.1) is 18.5 Å². The number of hydrogen-bond acceptors (Lipinski definition) is 4. The van der Waals surface area contributed by atoms with E-state index in [2.05, 4.69) is 4.74 Å². The van der Waals surface area contributed by atoms with Crippen LogP contribution in [0.15, 0.2) is 30.0 Å². The number of methoxy groups -OCH3 is 1. The minimum atomic E-state index is -0.469. The molecule has 0 saturated heterocycles. The van der Waals surface area contributed by atoms with Crippen LogP contribution in [0.3, 0.4) is 0 Å². The zero-order valence-corrected chi connectivity index (χ0v) is 10.4. The van der Waals surface area contributed by atoms with Crippen LogP contribution in [-0.4, -0.2) is 18.0 Å². The Kier molecular flexibility index (Phi) is 5.05. The smallest absolute Gasteiger partial charge is 0.306 e. The van der Waals surface area contributed by atoms with Gasteiger partial charge in [0.15, 0.2) is 0 Å². The molecule has 1 rings (SSSR count). The molecule has 5 heteroatoms. The Bertz CT molecular complexity index is 462. The molecule has 0 aromatic heterocycles. The first-order chi connectivity index (χ1) is 8.52. The minimum absolute atomic E-state index is 0.00394. The summed E-state index contributed by atoms with van der Waals surface area (Å²) in [5.41, 5.74) is 1.84. The fourth-order valence-electron chi connectivity index (χ4n) is 1.40. The van der Waals surface area contributed by atoms with E-state index in [0.717, 1.165) is 11.1 Å². The van der Waals surface area contributed by atoms with Gasteiger partial charge in [-0.05, 0) is 12.5 Å². The molecule has 0 heterocycles. The first kappa shape index (κ1) is 13.9. The number of ether oxygens (including phenoxy) is 1. The first-order valence-corrected chi connectivity index (χ1v) is 5.51. The SMILES string of the molecule is COC(=O)CC/C(=C\c1ccc(C)cc1)[N+](=O)[O-]. The van der Waals surface area contributed by atoms with Crippen LogP contribution < -0.4 is 0 Å². The summed E-state index contributed by atoms with van der Waals surface area (Å²) in [6, 6.07) is 7.36. The third-order valence-electron chi connectivity index (χ3n) is 2.46. The van der Waals surface area contributed by atoms with Gasteiger partial charge in [0, 0.05) is 12.5 Å². The molecule has 18 heavy (non-hydrogen) atoms. The second-order valence-electron chi connectivity index (χ2n) is 3.88. The van der Waals surface area contributed by atoms with Gasteiger partial charge in [-0.3, -0.25) is 14.9 Å². The molecule has 0 aliphatic heterocycles. The van der Waals surface area contributed by atoms with Crippen LogP contribution in [0.2, 0.25) is 0 Å². The molecule has 0 unspecified atom stereocenters. The molecule has 0 radical (unpaired) electrons. The number of nitro groups is 1. The molecule has 0 saturated carbocycles. The predicted molar refractivity (Wildman–Crippen MR) is 67.4 cm³/mol. The van der Waals surface area contributed by atoms with Crippen molar-refractivity contribution in [3.05, 3.63) is 51.2 Å². The van der Waals surface area contributed by atoms with Crippen LogP contribution in [0.25, 0.3) is 6.08 Å². The first-order valence-electron chi connectivity index (χ1n) is 5.51. The summed E-state index contributed by atoms with van der Waals surface area (Å²) >= 11 is 0. The summed E-state index contributed by atoms with van der Waals surface area (Å²) in [6.07, 6.45) is 1.55. The van der Waals surface area contributed by atoms with Gasteiger partial charge < -0.3 is 4.74 Å². The summed E-state index contributed by atoms with van der Waals surface area (Å²) in [4.78, 5) is 21.4. The van der Waals surface area contributed by atoms with Crippen molar-refractivity contribution in [3.8, 4) is 0 Å². The Morgan fingerprint density at radius 2 is 1.94 bits per heavy atom. The molecule has 96 valence electrons. The maximum Gasteiger partial charge on any atom is 0.306 e. The zero-order chi connectivity index (χ0) is 13.5. The standard InChI is InChI=1S/C13H15NO4/c1-10-3-5-11(6-4-10)9-12(14(16)17)7-8-13(15)18-2/h3-6,9H,7-8H2,1-2H3/b12-9+. The van der Waals surface area contributed by atoms with Crippen LogP contribution in [0.4, 0.5) is 0 Å². The van der Waals surface area contributed by atoms with Crippen molar-refractivity contribution < 1.29 is 14.5 Å². The van der Waals surface area contributed by atoms with Crippen LogP contribution in [-0.2, 0) is 9.53 Å². The average molecular weight is 249 g/mol. The number of benzene rings is 1. The lowest BCUT2D eigenvalue weighted by Gasteiger charge is -2.00. The van der Waals surface area contributed by atoms with E-state index >= 15 is 0 Å². The molecule has 5 nitrogen and oxygen atoms in total. The van der Waals surface area contributed by atoms with Gasteiger partial charge in [-0.25, -0.2) is 0 Å². The van der Waals surface area contributed by atoms with Gasteiger partial charge in [0.1, 0.15) is 0 Å². The molecule has 0 fully saturated rings. The fourth-order valence-corrected chi connectivity index (χ4v) is 1.40. The highest BCUT2D eigenvalue weighted by molar-refractivity contribution is 5.69. The van der Waals surface area contributed by atoms with E-state index in [4.69, 9.17) is 0 Å². The molecule has 1 aromatic carbocycles. The summed E-state index contributed by atoms with van der Waals surface area (Å²) in [5, 5.41) is 10.9. The maximum absolute atomic E-state index is 11.0. The summed E-state index contributed by atoms with van der Waals surface area (Å²) in [6.45, 7) is 1.94. The van der Waals surface area contributed by atoms with Crippen LogP contribution >= 0.6 is 0 Å². The van der Waals surface area contributed by atoms with E-state index in [9.17, 15) is 14.9 Å². The van der Waals surface area contributed by atoms with Crippen molar-refractivity contribution in [1.82, 2.24) is 0 Å². The second kappa shape index (κ2) is 6.54. The third kappa shape index (κ3) is 4.37. The Morgan fingerprint density at radius 1 is 1.33 bits per heavy atom. The molecule has 0 aliphatic carbocycles. The Labute approximate surface area is 105 Å². The van der Waals surface area contributed by atoms with Crippen molar-refractivity contribution >= 4 is 12.0 Å². The van der Waals surface area contributed by atoms with E-state index in [-0.39, 0.29) is 18.5 Å². The molecule has 0 atom stereocenters. The lowest BCUT2D eigenvalue weighted by Crippen LogP contribution is -2.05. The van der Waals surface area contributed by atoms with Gasteiger partial charge in [0.25, 0.3) is 0 Å². The number of esters is 1. The number of rotatable bonds is 5. The van der Waals surface area contributed by atoms with Gasteiger partial charge in [-0.15, -0.1) is 0 Å². The molecule has 1 aromatic rings. The predicted octanol–water partition coefficient (Wildman–Crippen LogP) is 2.57. The highest BCUT2D eigenvalue weighted by Gasteiger charge is 2.13. The minimum Gasteiger partial charge on any atom is -0.469 e. The molecule has 0 amide bonds. The van der Waals surface area contributed by atoms with Crippen molar-refractivity contribution in [2.45, 2.75) is 19.8 Å². The van der Waals surface area contributed by atoms with E-state index in [1.807, 2.05) is 19.1 Å². The number of hydrogen-bond donors (Lipinski definition) is 0. The molecule has 0 bridgehead atoms. The van der Waals surface area contributed by atoms with Crippen LogP contribution in [0, 0.1) is 17.0 Å². The summed E-state index contributed by atoms with van der Waals surface area (Å²) in [7, 11) is 1.26. The lowest BCUT2D eigenvalue weighted by atomic mass is 10.1. The molecule has 0 aliphatic rings. The quantitative estimate of drug-likeness (QED) is 0.457.